The van der Waals surface area contributed by atoms with Crippen LogP contribution in [0.25, 0.3) is 0 Å². The van der Waals surface area contributed by atoms with Gasteiger partial charge in [0.25, 0.3) is 0 Å². The minimum absolute atomic E-state index is 0.583. The molecule has 3 heteroatoms. The van der Waals surface area contributed by atoms with Crippen molar-refractivity contribution in [3.05, 3.63) is 0 Å². The third-order valence-corrected chi connectivity index (χ3v) is 2.68. The van der Waals surface area contributed by atoms with Crippen LogP contribution in [0.15, 0.2) is 0 Å². The van der Waals surface area contributed by atoms with E-state index in [-0.39, 0.29) is 0 Å². The Morgan fingerprint density at radius 2 is 2.38 bits per heavy atom. The minimum atomic E-state index is 0.583. The molecule has 0 aromatic rings. The van der Waals surface area contributed by atoms with Crippen molar-refractivity contribution in [1.29, 1.82) is 0 Å². The lowest BCUT2D eigenvalue weighted by molar-refractivity contribution is -0.000400. The molecule has 0 amide bonds. The highest BCUT2D eigenvalue weighted by atomic mass is 32.1. The fourth-order valence-corrected chi connectivity index (χ4v) is 1.77. The van der Waals surface area contributed by atoms with Gasteiger partial charge in [0.15, 0.2) is 0 Å². The van der Waals surface area contributed by atoms with Gasteiger partial charge in [-0.1, -0.05) is 12.2 Å². The lowest BCUT2D eigenvalue weighted by Gasteiger charge is -2.33. The highest BCUT2D eigenvalue weighted by Crippen LogP contribution is 2.07. The maximum absolute atomic E-state index is 5.37. The van der Waals surface area contributed by atoms with Gasteiger partial charge in [-0.3, -0.25) is 4.90 Å². The number of nitrogens with zero attached hydrogens (tertiary/aromatic N) is 1. The van der Waals surface area contributed by atoms with E-state index in [0.717, 1.165) is 31.0 Å². The fourth-order valence-electron chi connectivity index (χ4n) is 1.62. The van der Waals surface area contributed by atoms with Crippen LogP contribution in [0.2, 0.25) is 0 Å². The average molecular weight is 201 g/mol. The van der Waals surface area contributed by atoms with Crippen LogP contribution in [0.5, 0.6) is 0 Å². The second kappa shape index (κ2) is 5.68. The quantitative estimate of drug-likeness (QED) is 0.644. The van der Waals surface area contributed by atoms with Crippen LogP contribution in [0.3, 0.4) is 0 Å². The molecule has 1 heterocycles. The van der Waals surface area contributed by atoms with Crippen molar-refractivity contribution in [3.8, 4) is 0 Å². The van der Waals surface area contributed by atoms with Gasteiger partial charge in [-0.25, -0.2) is 0 Å². The fraction of sp³-hybridized carbons (Fsp3) is 0.900. The Balaban J connectivity index is 2.15. The SMILES string of the molecule is CC(=S)CCCN1CCOCC1C. The zero-order chi connectivity index (χ0) is 9.68. The van der Waals surface area contributed by atoms with Gasteiger partial charge in [-0.05, 0) is 38.1 Å². The molecule has 0 saturated carbocycles. The van der Waals surface area contributed by atoms with E-state index >= 15 is 0 Å². The Hall–Kier alpha value is 0.0100. The third-order valence-electron chi connectivity index (χ3n) is 2.48. The number of ether oxygens (including phenoxy) is 1. The van der Waals surface area contributed by atoms with E-state index in [1.807, 2.05) is 6.92 Å². The van der Waals surface area contributed by atoms with E-state index in [0.29, 0.717) is 6.04 Å². The van der Waals surface area contributed by atoms with Crippen LogP contribution in [-0.4, -0.2) is 42.1 Å². The van der Waals surface area contributed by atoms with Crippen LogP contribution in [0, 0.1) is 0 Å². The summed E-state index contributed by atoms with van der Waals surface area (Å²) in [5.41, 5.74) is 0. The minimum Gasteiger partial charge on any atom is -0.379 e. The predicted octanol–water partition coefficient (Wildman–Crippen LogP) is 1.88. The van der Waals surface area contributed by atoms with E-state index in [1.54, 1.807) is 0 Å². The Bertz CT molecular complexity index is 172. The van der Waals surface area contributed by atoms with Crippen LogP contribution in [-0.2, 0) is 4.74 Å². The van der Waals surface area contributed by atoms with Gasteiger partial charge in [0, 0.05) is 12.6 Å². The van der Waals surface area contributed by atoms with Crippen molar-refractivity contribution in [1.82, 2.24) is 4.90 Å². The van der Waals surface area contributed by atoms with Crippen LogP contribution >= 0.6 is 12.2 Å². The van der Waals surface area contributed by atoms with E-state index in [4.69, 9.17) is 17.0 Å². The lowest BCUT2D eigenvalue weighted by atomic mass is 10.2. The third kappa shape index (κ3) is 4.16. The summed E-state index contributed by atoms with van der Waals surface area (Å²) in [6.07, 6.45) is 2.28. The second-order valence-corrected chi connectivity index (χ2v) is 4.46. The second-order valence-electron chi connectivity index (χ2n) is 3.77. The van der Waals surface area contributed by atoms with Gasteiger partial charge < -0.3 is 4.74 Å². The lowest BCUT2D eigenvalue weighted by Crippen LogP contribution is -2.43. The van der Waals surface area contributed by atoms with Gasteiger partial charge >= 0.3 is 0 Å². The standard InChI is InChI=1S/C10H19NOS/c1-9-8-12-7-6-11(9)5-3-4-10(2)13/h9H,3-8H2,1-2H3. The maximum atomic E-state index is 5.37. The zero-order valence-electron chi connectivity index (χ0n) is 8.58. The molecule has 0 aromatic heterocycles. The first-order valence-corrected chi connectivity index (χ1v) is 5.42. The Morgan fingerprint density at radius 3 is 3.00 bits per heavy atom. The summed E-state index contributed by atoms with van der Waals surface area (Å²) in [5.74, 6) is 0. The first-order chi connectivity index (χ1) is 6.20. The van der Waals surface area contributed by atoms with Crippen molar-refractivity contribution < 1.29 is 4.74 Å². The van der Waals surface area contributed by atoms with E-state index in [1.165, 1.54) is 13.0 Å². The smallest absolute Gasteiger partial charge is 0.0619 e. The average Bonchev–Trinajstić information content (AvgIpc) is 2.08. The van der Waals surface area contributed by atoms with Crippen molar-refractivity contribution in [2.45, 2.75) is 32.7 Å². The topological polar surface area (TPSA) is 12.5 Å². The van der Waals surface area contributed by atoms with Crippen molar-refractivity contribution in [3.63, 3.8) is 0 Å². The number of thiocarbonyl (C=S) groups is 1. The molecule has 1 unspecified atom stereocenters. The van der Waals surface area contributed by atoms with Crippen molar-refractivity contribution >= 4 is 17.1 Å². The normalized spacial score (nSPS) is 24.6. The molecule has 13 heavy (non-hydrogen) atoms. The maximum Gasteiger partial charge on any atom is 0.0619 e. The molecule has 1 rings (SSSR count). The zero-order valence-corrected chi connectivity index (χ0v) is 9.40. The van der Waals surface area contributed by atoms with Crippen LogP contribution in [0.1, 0.15) is 26.7 Å². The van der Waals surface area contributed by atoms with E-state index in [9.17, 15) is 0 Å². The molecule has 0 radical (unpaired) electrons. The molecule has 1 saturated heterocycles. The molecule has 0 aliphatic carbocycles. The largest absolute Gasteiger partial charge is 0.379 e. The summed E-state index contributed by atoms with van der Waals surface area (Å²) in [7, 11) is 0. The summed E-state index contributed by atoms with van der Waals surface area (Å²) in [5, 5.41) is 0. The van der Waals surface area contributed by atoms with Crippen molar-refractivity contribution in [2.24, 2.45) is 0 Å². The highest BCUT2D eigenvalue weighted by molar-refractivity contribution is 7.80. The molecule has 1 fully saturated rings. The molecular formula is C10H19NOS. The summed E-state index contributed by atoms with van der Waals surface area (Å²) >= 11 is 5.05. The molecule has 0 spiro atoms. The monoisotopic (exact) mass is 201 g/mol. The number of rotatable bonds is 4. The number of hydrogen-bond donors (Lipinski definition) is 0. The molecule has 1 aliphatic heterocycles. The van der Waals surface area contributed by atoms with Gasteiger partial charge in [-0.15, -0.1) is 0 Å². The van der Waals surface area contributed by atoms with Crippen LogP contribution in [0.4, 0.5) is 0 Å². The molecule has 0 N–H and O–H groups in total. The molecule has 76 valence electrons. The molecule has 0 aromatic carbocycles. The summed E-state index contributed by atoms with van der Waals surface area (Å²) < 4.78 is 5.37. The van der Waals surface area contributed by atoms with E-state index < -0.39 is 0 Å². The van der Waals surface area contributed by atoms with Crippen LogP contribution < -0.4 is 0 Å². The highest BCUT2D eigenvalue weighted by Gasteiger charge is 2.17. The first-order valence-electron chi connectivity index (χ1n) is 5.01. The van der Waals surface area contributed by atoms with Gasteiger partial charge in [0.2, 0.25) is 0 Å². The Labute approximate surface area is 86.3 Å². The summed E-state index contributed by atoms with van der Waals surface area (Å²) in [6.45, 7) is 8.27. The van der Waals surface area contributed by atoms with Gasteiger partial charge in [-0.2, -0.15) is 0 Å². The predicted molar refractivity (Wildman–Crippen MR) is 59.4 cm³/mol. The molecule has 1 aliphatic rings. The molecule has 1 atom stereocenters. The van der Waals surface area contributed by atoms with Gasteiger partial charge in [0.05, 0.1) is 13.2 Å². The Kier molecular flexibility index (Phi) is 4.84. The summed E-state index contributed by atoms with van der Waals surface area (Å²) in [4.78, 5) is 3.61. The van der Waals surface area contributed by atoms with Gasteiger partial charge in [0.1, 0.15) is 0 Å². The molecule has 0 bridgehead atoms. The first kappa shape index (κ1) is 11.1. The number of hydrogen-bond acceptors (Lipinski definition) is 3. The molecular weight excluding hydrogens is 182 g/mol. The number of morpholine rings is 1. The molecule has 2 nitrogen and oxygen atoms in total. The Morgan fingerprint density at radius 1 is 1.62 bits per heavy atom. The van der Waals surface area contributed by atoms with E-state index in [2.05, 4.69) is 11.8 Å². The summed E-state index contributed by atoms with van der Waals surface area (Å²) in [6, 6.07) is 0.583. The van der Waals surface area contributed by atoms with Crippen molar-refractivity contribution in [2.75, 3.05) is 26.3 Å².